The molecular weight excluding hydrogens is 532 g/mol. The standard InChI is InChI=1S/C22H20BrClN4O6/c1-3-4-5-19-26-17-7-6-14(23)10-15(17)21(29)27(19)25-11-13-8-16(24)20(18(9-13)28(32)33)34-12(2)22(30)31/h6-12H,3-5H2,1-2H3,(H,30,31)/t12-/m1/s1. The van der Waals surface area contributed by atoms with Crippen molar-refractivity contribution < 1.29 is 19.6 Å². The van der Waals surface area contributed by atoms with Gasteiger partial charge in [-0.1, -0.05) is 40.9 Å². The first-order valence-corrected chi connectivity index (χ1v) is 11.4. The van der Waals surface area contributed by atoms with Crippen molar-refractivity contribution in [1.82, 2.24) is 9.66 Å². The van der Waals surface area contributed by atoms with Gasteiger partial charge in [-0.25, -0.2) is 9.78 Å². The minimum Gasteiger partial charge on any atom is -0.479 e. The van der Waals surface area contributed by atoms with E-state index in [4.69, 9.17) is 21.4 Å². The summed E-state index contributed by atoms with van der Waals surface area (Å²) in [6.07, 6.45) is 2.09. The Bertz CT molecular complexity index is 1360. The fourth-order valence-electron chi connectivity index (χ4n) is 3.09. The number of carboxylic acids is 1. The van der Waals surface area contributed by atoms with Crippen molar-refractivity contribution in [2.75, 3.05) is 0 Å². The van der Waals surface area contributed by atoms with Gasteiger partial charge in [0.05, 0.1) is 27.1 Å². The molecule has 0 saturated heterocycles. The Morgan fingerprint density at radius 3 is 2.79 bits per heavy atom. The summed E-state index contributed by atoms with van der Waals surface area (Å²) in [6, 6.07) is 7.66. The largest absolute Gasteiger partial charge is 0.479 e. The Morgan fingerprint density at radius 2 is 2.15 bits per heavy atom. The van der Waals surface area contributed by atoms with Gasteiger partial charge in [0.1, 0.15) is 5.82 Å². The molecule has 1 atom stereocenters. The number of rotatable bonds is 9. The number of halogens is 2. The van der Waals surface area contributed by atoms with Gasteiger partial charge in [0.2, 0.25) is 5.75 Å². The van der Waals surface area contributed by atoms with Crippen molar-refractivity contribution in [3.05, 3.63) is 71.7 Å². The van der Waals surface area contributed by atoms with Crippen molar-refractivity contribution in [1.29, 1.82) is 0 Å². The molecule has 0 aliphatic rings. The lowest BCUT2D eigenvalue weighted by molar-refractivity contribution is -0.386. The van der Waals surface area contributed by atoms with Crippen LogP contribution >= 0.6 is 27.5 Å². The van der Waals surface area contributed by atoms with E-state index in [1.807, 2.05) is 6.92 Å². The number of nitrogens with zero attached hydrogens (tertiary/aromatic N) is 4. The van der Waals surface area contributed by atoms with Gasteiger partial charge in [0.25, 0.3) is 5.56 Å². The number of unbranched alkanes of at least 4 members (excludes halogenated alkanes) is 1. The first-order valence-electron chi connectivity index (χ1n) is 10.2. The first-order chi connectivity index (χ1) is 16.1. The van der Waals surface area contributed by atoms with Crippen molar-refractivity contribution >= 4 is 56.3 Å². The molecule has 0 aliphatic heterocycles. The molecule has 0 fully saturated rings. The van der Waals surface area contributed by atoms with Crippen molar-refractivity contribution in [3.63, 3.8) is 0 Å². The lowest BCUT2D eigenvalue weighted by Crippen LogP contribution is -2.23. The highest BCUT2D eigenvalue weighted by molar-refractivity contribution is 9.10. The van der Waals surface area contributed by atoms with E-state index in [1.165, 1.54) is 23.9 Å². The number of aromatic nitrogens is 2. The Labute approximate surface area is 207 Å². The third kappa shape index (κ3) is 5.60. The molecule has 12 heteroatoms. The number of aliphatic carboxylic acids is 1. The van der Waals surface area contributed by atoms with Gasteiger partial charge in [-0.15, -0.1) is 0 Å². The van der Waals surface area contributed by atoms with Crippen LogP contribution in [0.3, 0.4) is 0 Å². The van der Waals surface area contributed by atoms with Gasteiger partial charge >= 0.3 is 11.7 Å². The number of fused-ring (bicyclic) bond motifs is 1. The second kappa shape index (κ2) is 10.7. The minimum absolute atomic E-state index is 0.164. The zero-order chi connectivity index (χ0) is 25.0. The molecule has 1 N–H and O–H groups in total. The van der Waals surface area contributed by atoms with Gasteiger partial charge < -0.3 is 9.84 Å². The van der Waals surface area contributed by atoms with E-state index < -0.39 is 22.7 Å². The second-order valence-electron chi connectivity index (χ2n) is 7.36. The molecule has 1 heterocycles. The Morgan fingerprint density at radius 1 is 1.41 bits per heavy atom. The summed E-state index contributed by atoms with van der Waals surface area (Å²) >= 11 is 9.51. The number of nitro groups is 1. The molecule has 10 nitrogen and oxygen atoms in total. The van der Waals surface area contributed by atoms with Gasteiger partial charge in [-0.3, -0.25) is 14.9 Å². The molecule has 3 rings (SSSR count). The maximum Gasteiger partial charge on any atom is 0.344 e. The van der Waals surface area contributed by atoms with E-state index in [-0.39, 0.29) is 21.9 Å². The Kier molecular flexibility index (Phi) is 8.00. The molecule has 34 heavy (non-hydrogen) atoms. The summed E-state index contributed by atoms with van der Waals surface area (Å²) in [5, 5.41) is 25.0. The topological polar surface area (TPSA) is 137 Å². The molecular formula is C22H20BrClN4O6. The minimum atomic E-state index is -1.35. The van der Waals surface area contributed by atoms with Crippen molar-refractivity contribution in [3.8, 4) is 5.75 Å². The fraction of sp³-hybridized carbons (Fsp3) is 0.273. The number of benzene rings is 2. The van der Waals surface area contributed by atoms with Crippen LogP contribution in [-0.4, -0.2) is 38.0 Å². The highest BCUT2D eigenvalue weighted by Crippen LogP contribution is 2.36. The maximum absolute atomic E-state index is 13.1. The summed E-state index contributed by atoms with van der Waals surface area (Å²) in [7, 11) is 0. The van der Waals surface area contributed by atoms with Gasteiger partial charge in [-0.05, 0) is 37.6 Å². The number of carbonyl (C=O) groups is 1. The number of hydrogen-bond donors (Lipinski definition) is 1. The molecule has 0 radical (unpaired) electrons. The average molecular weight is 552 g/mol. The van der Waals surface area contributed by atoms with Crippen molar-refractivity contribution in [2.24, 2.45) is 5.10 Å². The molecule has 2 aromatic carbocycles. The van der Waals surface area contributed by atoms with E-state index in [2.05, 4.69) is 26.0 Å². The number of nitro benzene ring substituents is 1. The second-order valence-corrected chi connectivity index (χ2v) is 8.68. The molecule has 0 unspecified atom stereocenters. The number of hydrogen-bond acceptors (Lipinski definition) is 7. The van der Waals surface area contributed by atoms with E-state index >= 15 is 0 Å². The summed E-state index contributed by atoms with van der Waals surface area (Å²) in [6.45, 7) is 3.24. The fourth-order valence-corrected chi connectivity index (χ4v) is 3.72. The summed E-state index contributed by atoms with van der Waals surface area (Å²) in [5.74, 6) is -1.21. The lowest BCUT2D eigenvalue weighted by atomic mass is 10.2. The Hall–Kier alpha value is -3.31. The SMILES string of the molecule is CCCCc1nc2ccc(Br)cc2c(=O)n1N=Cc1cc(Cl)c(O[C@H](C)C(=O)O)c([N+](=O)[O-])c1. The first kappa shape index (κ1) is 25.3. The van der Waals surface area contributed by atoms with E-state index in [1.54, 1.807) is 18.2 Å². The van der Waals surface area contributed by atoms with Crippen LogP contribution in [0.2, 0.25) is 5.02 Å². The van der Waals surface area contributed by atoms with Crippen LogP contribution in [0.4, 0.5) is 5.69 Å². The smallest absolute Gasteiger partial charge is 0.344 e. The quantitative estimate of drug-likeness (QED) is 0.229. The summed E-state index contributed by atoms with van der Waals surface area (Å²) < 4.78 is 7.05. The molecule has 0 amide bonds. The number of carboxylic acid groups (broad SMARTS) is 1. The van der Waals surface area contributed by atoms with Crippen LogP contribution in [0.25, 0.3) is 10.9 Å². The van der Waals surface area contributed by atoms with Crippen LogP contribution in [0.1, 0.15) is 38.1 Å². The maximum atomic E-state index is 13.1. The molecule has 0 spiro atoms. The number of aryl methyl sites for hydroxylation is 1. The number of ether oxygens (including phenoxy) is 1. The monoisotopic (exact) mass is 550 g/mol. The van der Waals surface area contributed by atoms with Crippen LogP contribution in [-0.2, 0) is 11.2 Å². The molecule has 178 valence electrons. The van der Waals surface area contributed by atoms with E-state index in [0.717, 1.165) is 18.9 Å². The van der Waals surface area contributed by atoms with E-state index in [9.17, 15) is 19.7 Å². The Balaban J connectivity index is 2.10. The summed E-state index contributed by atoms with van der Waals surface area (Å²) in [5.41, 5.74) is -0.154. The van der Waals surface area contributed by atoms with Gasteiger partial charge in [0, 0.05) is 22.5 Å². The van der Waals surface area contributed by atoms with Crippen LogP contribution < -0.4 is 10.3 Å². The predicted octanol–water partition coefficient (Wildman–Crippen LogP) is 4.80. The van der Waals surface area contributed by atoms with Crippen LogP contribution in [0.5, 0.6) is 5.75 Å². The zero-order valence-corrected chi connectivity index (χ0v) is 20.5. The van der Waals surface area contributed by atoms with E-state index in [0.29, 0.717) is 27.6 Å². The molecule has 1 aromatic heterocycles. The van der Waals surface area contributed by atoms with Crippen LogP contribution in [0, 0.1) is 10.1 Å². The molecule has 3 aromatic rings. The highest BCUT2D eigenvalue weighted by atomic mass is 79.9. The highest BCUT2D eigenvalue weighted by Gasteiger charge is 2.24. The average Bonchev–Trinajstić information content (AvgIpc) is 2.78. The van der Waals surface area contributed by atoms with Gasteiger partial charge in [0.15, 0.2) is 6.10 Å². The summed E-state index contributed by atoms with van der Waals surface area (Å²) in [4.78, 5) is 39.6. The normalized spacial score (nSPS) is 12.2. The van der Waals surface area contributed by atoms with Gasteiger partial charge in [-0.2, -0.15) is 9.78 Å². The third-order valence-corrected chi connectivity index (χ3v) is 5.61. The van der Waals surface area contributed by atoms with Crippen molar-refractivity contribution in [2.45, 2.75) is 39.2 Å². The predicted molar refractivity (Wildman–Crippen MR) is 131 cm³/mol. The third-order valence-electron chi connectivity index (χ3n) is 4.84. The lowest BCUT2D eigenvalue weighted by Gasteiger charge is -2.12. The van der Waals surface area contributed by atoms with Crippen LogP contribution in [0.15, 0.2) is 44.7 Å². The molecule has 0 saturated carbocycles. The molecule has 0 bridgehead atoms. The zero-order valence-electron chi connectivity index (χ0n) is 18.2. The molecule has 0 aliphatic carbocycles.